The van der Waals surface area contributed by atoms with Crippen LogP contribution in [0.2, 0.25) is 0 Å². The Hall–Kier alpha value is -3.72. The average molecular weight is 375 g/mol. The molecule has 0 aliphatic rings. The van der Waals surface area contributed by atoms with Crippen LogP contribution in [0.3, 0.4) is 0 Å². The van der Waals surface area contributed by atoms with E-state index < -0.39 is 0 Å². The summed E-state index contributed by atoms with van der Waals surface area (Å²) >= 11 is 0. The van der Waals surface area contributed by atoms with Crippen LogP contribution in [0.4, 0.5) is 0 Å². The molecule has 4 aromatic carbocycles. The lowest BCUT2D eigenvalue weighted by Crippen LogP contribution is -1.99. The van der Waals surface area contributed by atoms with Crippen LogP contribution in [0, 0.1) is 13.8 Å². The second-order valence-corrected chi connectivity index (χ2v) is 7.43. The lowest BCUT2D eigenvalue weighted by Gasteiger charge is -2.05. The summed E-state index contributed by atoms with van der Waals surface area (Å²) in [5.74, 6) is 0. The fourth-order valence-electron chi connectivity index (χ4n) is 3.60. The lowest BCUT2D eigenvalue weighted by molar-refractivity contribution is 0.765. The second kappa shape index (κ2) is 7.02. The molecule has 140 valence electrons. The molecule has 0 amide bonds. The molecular formula is C26H21N3. The van der Waals surface area contributed by atoms with Crippen molar-refractivity contribution < 1.29 is 0 Å². The first kappa shape index (κ1) is 17.4. The van der Waals surface area contributed by atoms with E-state index in [9.17, 15) is 0 Å². The Labute approximate surface area is 169 Å². The van der Waals surface area contributed by atoms with Crippen molar-refractivity contribution in [2.45, 2.75) is 13.8 Å². The first-order valence-corrected chi connectivity index (χ1v) is 9.78. The van der Waals surface area contributed by atoms with Crippen molar-refractivity contribution in [3.8, 4) is 5.69 Å². The Kier molecular flexibility index (Phi) is 4.21. The summed E-state index contributed by atoms with van der Waals surface area (Å²) in [7, 11) is 0. The van der Waals surface area contributed by atoms with Gasteiger partial charge in [-0.3, -0.25) is 0 Å². The van der Waals surface area contributed by atoms with Crippen molar-refractivity contribution >= 4 is 34.0 Å². The molecule has 1 aromatic heterocycles. The predicted molar refractivity (Wildman–Crippen MR) is 121 cm³/mol. The molecule has 0 N–H and O–H groups in total. The molecule has 1 heterocycles. The maximum Gasteiger partial charge on any atom is 0.121 e. The van der Waals surface area contributed by atoms with Gasteiger partial charge in [0.1, 0.15) is 11.0 Å². The van der Waals surface area contributed by atoms with Crippen molar-refractivity contribution in [2.75, 3.05) is 0 Å². The first-order chi connectivity index (χ1) is 14.2. The number of benzene rings is 4. The number of fused-ring (bicyclic) bond motifs is 3. The van der Waals surface area contributed by atoms with Crippen LogP contribution in [0.5, 0.6) is 0 Å². The molecule has 0 saturated heterocycles. The van der Waals surface area contributed by atoms with Crippen LogP contribution in [-0.4, -0.2) is 15.0 Å². The van der Waals surface area contributed by atoms with Crippen molar-refractivity contribution in [3.63, 3.8) is 0 Å². The van der Waals surface area contributed by atoms with Gasteiger partial charge in [-0.15, -0.1) is 10.2 Å². The minimum absolute atomic E-state index is 0.907. The van der Waals surface area contributed by atoms with Gasteiger partial charge in [-0.25, -0.2) is 0 Å². The van der Waals surface area contributed by atoms with Crippen molar-refractivity contribution in [1.29, 1.82) is 0 Å². The molecule has 29 heavy (non-hydrogen) atoms. The first-order valence-electron chi connectivity index (χ1n) is 9.78. The number of hydrogen-bond donors (Lipinski definition) is 0. The van der Waals surface area contributed by atoms with Crippen molar-refractivity contribution in [1.82, 2.24) is 15.0 Å². The van der Waals surface area contributed by atoms with E-state index in [-0.39, 0.29) is 0 Å². The number of hydrogen-bond acceptors (Lipinski definition) is 2. The highest BCUT2D eigenvalue weighted by atomic mass is 15.5. The molecule has 0 aliphatic heterocycles. The summed E-state index contributed by atoms with van der Waals surface area (Å²) in [4.78, 5) is 1.73. The van der Waals surface area contributed by atoms with Gasteiger partial charge in [0.25, 0.3) is 0 Å². The average Bonchev–Trinajstić information content (AvgIpc) is 3.19. The highest BCUT2D eigenvalue weighted by Gasteiger charge is 2.09. The maximum atomic E-state index is 4.77. The molecule has 0 radical (unpaired) electrons. The normalized spacial score (nSPS) is 11.7. The van der Waals surface area contributed by atoms with Crippen LogP contribution in [0.15, 0.2) is 78.9 Å². The van der Waals surface area contributed by atoms with E-state index in [0.29, 0.717) is 0 Å². The highest BCUT2D eigenvalue weighted by molar-refractivity contribution is 6.03. The van der Waals surface area contributed by atoms with Crippen LogP contribution in [-0.2, 0) is 0 Å². The minimum Gasteiger partial charge on any atom is -0.150 e. The molecule has 3 heteroatoms. The van der Waals surface area contributed by atoms with Gasteiger partial charge < -0.3 is 0 Å². The van der Waals surface area contributed by atoms with E-state index in [1.807, 2.05) is 18.2 Å². The van der Waals surface area contributed by atoms with Crippen LogP contribution in [0.25, 0.3) is 39.6 Å². The quantitative estimate of drug-likeness (QED) is 0.343. The fourth-order valence-corrected chi connectivity index (χ4v) is 3.60. The van der Waals surface area contributed by atoms with Gasteiger partial charge in [-0.2, -0.15) is 4.80 Å². The predicted octanol–water partition coefficient (Wildman–Crippen LogP) is 6.36. The van der Waals surface area contributed by atoms with Gasteiger partial charge in [0.05, 0.1) is 5.69 Å². The fraction of sp³-hybridized carbons (Fsp3) is 0.0769. The summed E-state index contributed by atoms with van der Waals surface area (Å²) in [6.45, 7) is 4.23. The summed E-state index contributed by atoms with van der Waals surface area (Å²) < 4.78 is 0. The molecule has 0 aliphatic carbocycles. The van der Waals surface area contributed by atoms with Gasteiger partial charge >= 0.3 is 0 Å². The molecule has 0 atom stereocenters. The molecule has 0 bridgehead atoms. The number of aryl methyl sites for hydroxylation is 2. The summed E-state index contributed by atoms with van der Waals surface area (Å²) in [5.41, 5.74) is 7.66. The third kappa shape index (κ3) is 3.32. The Bertz CT molecular complexity index is 1360. The van der Waals surface area contributed by atoms with E-state index in [4.69, 9.17) is 10.2 Å². The largest absolute Gasteiger partial charge is 0.150 e. The third-order valence-corrected chi connectivity index (χ3v) is 5.29. The minimum atomic E-state index is 0.907. The van der Waals surface area contributed by atoms with E-state index in [2.05, 4.69) is 86.7 Å². The van der Waals surface area contributed by atoms with Gasteiger partial charge in [-0.1, -0.05) is 78.4 Å². The third-order valence-electron chi connectivity index (χ3n) is 5.29. The van der Waals surface area contributed by atoms with E-state index >= 15 is 0 Å². The summed E-state index contributed by atoms with van der Waals surface area (Å²) in [6.07, 6.45) is 4.30. The topological polar surface area (TPSA) is 30.7 Å². The van der Waals surface area contributed by atoms with E-state index in [0.717, 1.165) is 22.1 Å². The molecule has 5 rings (SSSR count). The van der Waals surface area contributed by atoms with E-state index in [1.54, 1.807) is 4.80 Å². The number of nitrogens with zero attached hydrogens (tertiary/aromatic N) is 3. The summed E-state index contributed by atoms with van der Waals surface area (Å²) in [5, 5.41) is 11.8. The SMILES string of the molecule is Cc1ccc(C=Cc2ccc(-n3nc4ccc5ccccc5c4n3)cc2C)cc1. The van der Waals surface area contributed by atoms with Crippen molar-refractivity contribution in [2.24, 2.45) is 0 Å². The van der Waals surface area contributed by atoms with Crippen LogP contribution < -0.4 is 0 Å². The van der Waals surface area contributed by atoms with Gasteiger partial charge in [0.2, 0.25) is 0 Å². The zero-order chi connectivity index (χ0) is 19.8. The molecule has 0 fully saturated rings. The molecule has 5 aromatic rings. The Morgan fingerprint density at radius 1 is 0.759 bits per heavy atom. The zero-order valence-electron chi connectivity index (χ0n) is 16.5. The molecule has 0 spiro atoms. The van der Waals surface area contributed by atoms with Crippen LogP contribution in [0.1, 0.15) is 22.3 Å². The van der Waals surface area contributed by atoms with Crippen LogP contribution >= 0.6 is 0 Å². The number of aromatic nitrogens is 3. The molecule has 0 saturated carbocycles. The Balaban J connectivity index is 1.50. The second-order valence-electron chi connectivity index (χ2n) is 7.43. The van der Waals surface area contributed by atoms with Gasteiger partial charge in [-0.05, 0) is 54.1 Å². The zero-order valence-corrected chi connectivity index (χ0v) is 16.5. The van der Waals surface area contributed by atoms with Crippen molar-refractivity contribution in [3.05, 3.63) is 101 Å². The van der Waals surface area contributed by atoms with Gasteiger partial charge in [0, 0.05) is 5.39 Å². The highest BCUT2D eigenvalue weighted by Crippen LogP contribution is 2.24. The lowest BCUT2D eigenvalue weighted by atomic mass is 10.1. The Morgan fingerprint density at radius 2 is 1.59 bits per heavy atom. The van der Waals surface area contributed by atoms with E-state index in [1.165, 1.54) is 27.6 Å². The Morgan fingerprint density at radius 3 is 2.41 bits per heavy atom. The monoisotopic (exact) mass is 375 g/mol. The molecular weight excluding hydrogens is 354 g/mol. The van der Waals surface area contributed by atoms with Gasteiger partial charge in [0.15, 0.2) is 0 Å². The number of rotatable bonds is 3. The smallest absolute Gasteiger partial charge is 0.121 e. The standard InChI is InChI=1S/C26H21N3/c1-18-7-9-20(10-8-18)11-12-21-13-15-23(17-19(21)2)29-27-25-16-14-22-5-3-4-6-24(22)26(25)28-29/h3-17H,1-2H3. The molecule has 3 nitrogen and oxygen atoms in total. The molecule has 0 unspecified atom stereocenters. The maximum absolute atomic E-state index is 4.77. The summed E-state index contributed by atoms with van der Waals surface area (Å²) in [6, 6.07) is 27.3.